The molecule has 0 aliphatic heterocycles. The molecule has 0 aliphatic carbocycles. The van der Waals surface area contributed by atoms with Crippen molar-refractivity contribution in [1.82, 2.24) is 14.9 Å². The molecule has 0 aliphatic rings. The Labute approximate surface area is 156 Å². The highest BCUT2D eigenvalue weighted by atomic mass is 35.5. The second-order valence-electron chi connectivity index (χ2n) is 6.00. The molecule has 0 fully saturated rings. The second kappa shape index (κ2) is 7.42. The van der Waals surface area contributed by atoms with Gasteiger partial charge in [0.05, 0.1) is 11.6 Å². The van der Waals surface area contributed by atoms with Crippen molar-refractivity contribution in [2.45, 2.75) is 13.0 Å². The molecule has 1 unspecified atom stereocenters. The molecule has 0 spiro atoms. The molecule has 3 rings (SSSR count). The van der Waals surface area contributed by atoms with Crippen LogP contribution in [-0.4, -0.2) is 15.5 Å². The van der Waals surface area contributed by atoms with Crippen molar-refractivity contribution in [1.29, 1.82) is 5.26 Å². The Morgan fingerprint density at radius 3 is 2.58 bits per heavy atom. The number of nitriles is 1. The zero-order valence-corrected chi connectivity index (χ0v) is 15.2. The maximum Gasteiger partial charge on any atom is 0.252 e. The van der Waals surface area contributed by atoms with Gasteiger partial charge in [0.15, 0.2) is 0 Å². The minimum Gasteiger partial charge on any atom is -0.338 e. The van der Waals surface area contributed by atoms with Crippen molar-refractivity contribution >= 4 is 17.5 Å². The molecule has 2 aromatic carbocycles. The molecule has 0 saturated carbocycles. The minimum absolute atomic E-state index is 0.236. The smallest absolute Gasteiger partial charge is 0.252 e. The third-order valence-electron chi connectivity index (χ3n) is 4.20. The molecule has 26 heavy (non-hydrogen) atoms. The van der Waals surface area contributed by atoms with Crippen LogP contribution < -0.4 is 5.32 Å². The van der Waals surface area contributed by atoms with Gasteiger partial charge in [-0.1, -0.05) is 23.7 Å². The van der Waals surface area contributed by atoms with Crippen molar-refractivity contribution in [2.24, 2.45) is 7.05 Å². The lowest BCUT2D eigenvalue weighted by Gasteiger charge is -2.19. The summed E-state index contributed by atoms with van der Waals surface area (Å²) in [4.78, 5) is 17.2. The first kappa shape index (κ1) is 17.7. The van der Waals surface area contributed by atoms with Crippen molar-refractivity contribution in [3.63, 3.8) is 0 Å². The van der Waals surface area contributed by atoms with E-state index in [2.05, 4.69) is 16.4 Å². The van der Waals surface area contributed by atoms with E-state index in [1.54, 1.807) is 36.5 Å². The summed E-state index contributed by atoms with van der Waals surface area (Å²) in [7, 11) is 1.88. The van der Waals surface area contributed by atoms with Crippen LogP contribution in [0.1, 0.15) is 38.9 Å². The second-order valence-corrected chi connectivity index (χ2v) is 6.43. The van der Waals surface area contributed by atoms with Crippen molar-refractivity contribution < 1.29 is 4.79 Å². The number of halogens is 1. The van der Waals surface area contributed by atoms with Crippen LogP contribution in [0, 0.1) is 18.3 Å². The topological polar surface area (TPSA) is 70.7 Å². The van der Waals surface area contributed by atoms with Gasteiger partial charge in [-0.2, -0.15) is 5.26 Å². The summed E-state index contributed by atoms with van der Waals surface area (Å²) in [6.45, 7) is 1.81. The van der Waals surface area contributed by atoms with Crippen molar-refractivity contribution in [3.8, 4) is 6.07 Å². The fraction of sp³-hybridized carbons (Fsp3) is 0.150. The summed E-state index contributed by atoms with van der Waals surface area (Å²) in [5.74, 6) is 0.478. The third kappa shape index (κ3) is 3.61. The number of hydrogen-bond acceptors (Lipinski definition) is 3. The average Bonchev–Trinajstić information content (AvgIpc) is 3.06. The van der Waals surface area contributed by atoms with Crippen LogP contribution in [0.2, 0.25) is 5.02 Å². The van der Waals surface area contributed by atoms with E-state index >= 15 is 0 Å². The number of benzene rings is 2. The van der Waals surface area contributed by atoms with Gasteiger partial charge in [0, 0.05) is 30.0 Å². The minimum atomic E-state index is -0.421. The standard InChI is InChI=1S/C20H17ClN4O/c1-13-11-15(3-4-16(13)12-22)20(26)24-18(19-23-9-10-25(19)2)14-5-7-17(21)8-6-14/h3-11,18H,1-2H3,(H,24,26). The lowest BCUT2D eigenvalue weighted by molar-refractivity contribution is 0.0941. The fourth-order valence-electron chi connectivity index (χ4n) is 2.75. The highest BCUT2D eigenvalue weighted by Gasteiger charge is 2.21. The van der Waals surface area contributed by atoms with Crippen LogP contribution in [0.25, 0.3) is 0 Å². The normalized spacial score (nSPS) is 11.6. The van der Waals surface area contributed by atoms with Gasteiger partial charge in [-0.05, 0) is 48.4 Å². The Hall–Kier alpha value is -3.10. The number of aryl methyl sites for hydroxylation is 2. The Morgan fingerprint density at radius 2 is 2.00 bits per heavy atom. The number of carbonyl (C=O) groups excluding carboxylic acids is 1. The lowest BCUT2D eigenvalue weighted by atomic mass is 10.0. The molecule has 1 amide bonds. The van der Waals surface area contributed by atoms with Gasteiger partial charge in [-0.15, -0.1) is 0 Å². The molecular formula is C20H17ClN4O. The van der Waals surface area contributed by atoms with Crippen molar-refractivity contribution in [3.05, 3.63) is 88.0 Å². The fourth-order valence-corrected chi connectivity index (χ4v) is 2.88. The Morgan fingerprint density at radius 1 is 1.27 bits per heavy atom. The van der Waals surface area contributed by atoms with E-state index in [1.807, 2.05) is 36.9 Å². The number of nitrogens with one attached hydrogen (secondary N) is 1. The number of aromatic nitrogens is 2. The summed E-state index contributed by atoms with van der Waals surface area (Å²) in [5.41, 5.74) is 2.69. The highest BCUT2D eigenvalue weighted by molar-refractivity contribution is 6.30. The van der Waals surface area contributed by atoms with Crippen LogP contribution in [0.4, 0.5) is 0 Å². The van der Waals surface area contributed by atoms with Crippen LogP contribution in [-0.2, 0) is 7.05 Å². The summed E-state index contributed by atoms with van der Waals surface area (Å²) < 4.78 is 1.86. The maximum atomic E-state index is 12.8. The van der Waals surface area contributed by atoms with E-state index in [9.17, 15) is 4.79 Å². The molecular weight excluding hydrogens is 348 g/mol. The largest absolute Gasteiger partial charge is 0.338 e. The predicted octanol–water partition coefficient (Wildman–Crippen LogP) is 3.77. The summed E-state index contributed by atoms with van der Waals surface area (Å²) >= 11 is 5.99. The van der Waals surface area contributed by atoms with E-state index in [1.165, 1.54) is 0 Å². The number of imidazole rings is 1. The van der Waals surface area contributed by atoms with E-state index < -0.39 is 6.04 Å². The van der Waals surface area contributed by atoms with Crippen LogP contribution in [0.3, 0.4) is 0 Å². The van der Waals surface area contributed by atoms with Gasteiger partial charge in [0.25, 0.3) is 5.91 Å². The number of amides is 1. The monoisotopic (exact) mass is 364 g/mol. The molecule has 0 saturated heterocycles. The number of rotatable bonds is 4. The third-order valence-corrected chi connectivity index (χ3v) is 4.46. The van der Waals surface area contributed by atoms with E-state index in [0.29, 0.717) is 22.0 Å². The van der Waals surface area contributed by atoms with Gasteiger partial charge >= 0.3 is 0 Å². The molecule has 6 heteroatoms. The van der Waals surface area contributed by atoms with Crippen LogP contribution >= 0.6 is 11.6 Å². The molecule has 130 valence electrons. The number of carbonyl (C=O) groups is 1. The zero-order chi connectivity index (χ0) is 18.7. The van der Waals surface area contributed by atoms with Gasteiger partial charge in [0.1, 0.15) is 11.9 Å². The summed E-state index contributed by atoms with van der Waals surface area (Å²) in [6.07, 6.45) is 3.52. The average molecular weight is 365 g/mol. The Kier molecular flexibility index (Phi) is 5.06. The van der Waals surface area contributed by atoms with Gasteiger partial charge in [0.2, 0.25) is 0 Å². The molecule has 0 radical (unpaired) electrons. The quantitative estimate of drug-likeness (QED) is 0.766. The van der Waals surface area contributed by atoms with Crippen molar-refractivity contribution in [2.75, 3.05) is 0 Å². The van der Waals surface area contributed by atoms with E-state index in [0.717, 1.165) is 11.1 Å². The summed E-state index contributed by atoms with van der Waals surface area (Å²) in [6, 6.07) is 14.0. The molecule has 3 aromatic rings. The highest BCUT2D eigenvalue weighted by Crippen LogP contribution is 2.23. The lowest BCUT2D eigenvalue weighted by Crippen LogP contribution is -2.31. The Balaban J connectivity index is 1.94. The molecule has 1 heterocycles. The van der Waals surface area contributed by atoms with Gasteiger partial charge < -0.3 is 9.88 Å². The SMILES string of the molecule is Cc1cc(C(=O)NC(c2ccc(Cl)cc2)c2nccn2C)ccc1C#N. The Bertz CT molecular complexity index is 986. The maximum absolute atomic E-state index is 12.8. The molecule has 1 aromatic heterocycles. The first-order valence-electron chi connectivity index (χ1n) is 8.04. The van der Waals surface area contributed by atoms with E-state index in [-0.39, 0.29) is 5.91 Å². The summed E-state index contributed by atoms with van der Waals surface area (Å²) in [5, 5.41) is 12.7. The van der Waals surface area contributed by atoms with Crippen LogP contribution in [0.15, 0.2) is 54.9 Å². The van der Waals surface area contributed by atoms with E-state index in [4.69, 9.17) is 16.9 Å². The number of hydrogen-bond donors (Lipinski definition) is 1. The van der Waals surface area contributed by atoms with Gasteiger partial charge in [-0.25, -0.2) is 4.98 Å². The first-order chi connectivity index (χ1) is 12.5. The molecule has 1 N–H and O–H groups in total. The molecule has 0 bridgehead atoms. The molecule has 5 nitrogen and oxygen atoms in total. The molecule has 1 atom stereocenters. The van der Waals surface area contributed by atoms with Crippen LogP contribution in [0.5, 0.6) is 0 Å². The zero-order valence-electron chi connectivity index (χ0n) is 14.4. The number of nitrogens with zero attached hydrogens (tertiary/aromatic N) is 3. The van der Waals surface area contributed by atoms with Gasteiger partial charge in [-0.3, -0.25) is 4.79 Å². The predicted molar refractivity (Wildman–Crippen MR) is 99.9 cm³/mol. The first-order valence-corrected chi connectivity index (χ1v) is 8.41.